The fraction of sp³-hybridized carbons (Fsp3) is 0.444. The van der Waals surface area contributed by atoms with Crippen molar-refractivity contribution in [3.05, 3.63) is 17.5 Å². The van der Waals surface area contributed by atoms with Gasteiger partial charge in [0.1, 0.15) is 0 Å². The maximum Gasteiger partial charge on any atom is 0.303 e. The van der Waals surface area contributed by atoms with E-state index in [1.807, 2.05) is 0 Å². The van der Waals surface area contributed by atoms with Gasteiger partial charge in [-0.15, -0.1) is 0 Å². The minimum atomic E-state index is -0.986. The highest BCUT2D eigenvalue weighted by molar-refractivity contribution is 5.80. The van der Waals surface area contributed by atoms with Crippen molar-refractivity contribution < 1.29 is 19.2 Å². The van der Waals surface area contributed by atoms with Gasteiger partial charge in [-0.3, -0.25) is 9.59 Å². The van der Waals surface area contributed by atoms with Crippen LogP contribution in [-0.4, -0.2) is 22.1 Å². The van der Waals surface area contributed by atoms with Gasteiger partial charge in [0.15, 0.2) is 5.76 Å². The van der Waals surface area contributed by atoms with E-state index in [-0.39, 0.29) is 25.3 Å². The first-order valence-electron chi connectivity index (χ1n) is 4.48. The summed E-state index contributed by atoms with van der Waals surface area (Å²) in [5.74, 6) is -0.747. The standard InChI is InChI=1S/C9H12N2O4/c1-6-4-7(15-11-6)5-10-8(12)2-3-9(13)14/h4H,2-3,5H2,1H3,(H,10,12)(H,13,14). The van der Waals surface area contributed by atoms with Crippen molar-refractivity contribution in [3.63, 3.8) is 0 Å². The predicted octanol–water partition coefficient (Wildman–Crippen LogP) is 0.464. The van der Waals surface area contributed by atoms with E-state index in [1.165, 1.54) is 0 Å². The Kier molecular flexibility index (Phi) is 3.84. The number of hydrogen-bond donors (Lipinski definition) is 2. The normalized spacial score (nSPS) is 9.93. The van der Waals surface area contributed by atoms with E-state index in [0.29, 0.717) is 5.76 Å². The van der Waals surface area contributed by atoms with Crippen LogP contribution in [0.25, 0.3) is 0 Å². The molecule has 0 saturated carbocycles. The Labute approximate surface area is 86.3 Å². The first kappa shape index (κ1) is 11.2. The van der Waals surface area contributed by atoms with E-state index in [1.54, 1.807) is 13.0 Å². The Bertz CT molecular complexity index is 359. The SMILES string of the molecule is Cc1cc(CNC(=O)CCC(=O)O)on1. The molecule has 1 aromatic rings. The molecule has 1 aromatic heterocycles. The Balaban J connectivity index is 2.25. The number of rotatable bonds is 5. The van der Waals surface area contributed by atoms with Gasteiger partial charge in [-0.1, -0.05) is 5.16 Å². The summed E-state index contributed by atoms with van der Waals surface area (Å²) in [5.41, 5.74) is 0.741. The van der Waals surface area contributed by atoms with Crippen molar-refractivity contribution in [1.82, 2.24) is 10.5 Å². The van der Waals surface area contributed by atoms with Gasteiger partial charge in [0, 0.05) is 12.5 Å². The molecular formula is C9H12N2O4. The molecule has 0 fully saturated rings. The third kappa shape index (κ3) is 4.26. The number of carboxylic acid groups (broad SMARTS) is 1. The van der Waals surface area contributed by atoms with E-state index >= 15 is 0 Å². The number of aryl methyl sites for hydroxylation is 1. The number of aliphatic carboxylic acids is 1. The summed E-state index contributed by atoms with van der Waals surface area (Å²) < 4.78 is 4.86. The van der Waals surface area contributed by atoms with Crippen LogP contribution in [0.1, 0.15) is 24.3 Å². The highest BCUT2D eigenvalue weighted by Crippen LogP contribution is 2.01. The van der Waals surface area contributed by atoms with Crippen molar-refractivity contribution in [2.24, 2.45) is 0 Å². The fourth-order valence-electron chi connectivity index (χ4n) is 0.994. The molecule has 0 aliphatic rings. The largest absolute Gasteiger partial charge is 0.481 e. The minimum Gasteiger partial charge on any atom is -0.481 e. The lowest BCUT2D eigenvalue weighted by molar-refractivity contribution is -0.138. The van der Waals surface area contributed by atoms with Gasteiger partial charge in [0.2, 0.25) is 5.91 Å². The average molecular weight is 212 g/mol. The van der Waals surface area contributed by atoms with Crippen LogP contribution in [0.3, 0.4) is 0 Å². The van der Waals surface area contributed by atoms with Gasteiger partial charge < -0.3 is 14.9 Å². The number of nitrogens with one attached hydrogen (secondary N) is 1. The number of carbonyl (C=O) groups is 2. The lowest BCUT2D eigenvalue weighted by Crippen LogP contribution is -2.22. The first-order valence-corrected chi connectivity index (χ1v) is 4.48. The highest BCUT2D eigenvalue weighted by Gasteiger charge is 2.06. The Hall–Kier alpha value is -1.85. The molecule has 1 amide bonds. The van der Waals surface area contributed by atoms with Crippen LogP contribution in [0, 0.1) is 6.92 Å². The molecule has 0 radical (unpaired) electrons. The van der Waals surface area contributed by atoms with E-state index in [2.05, 4.69) is 10.5 Å². The second-order valence-corrected chi connectivity index (χ2v) is 3.11. The number of amides is 1. The van der Waals surface area contributed by atoms with E-state index < -0.39 is 5.97 Å². The third-order valence-electron chi connectivity index (χ3n) is 1.70. The van der Waals surface area contributed by atoms with Gasteiger partial charge >= 0.3 is 5.97 Å². The number of hydrogen-bond acceptors (Lipinski definition) is 4. The lowest BCUT2D eigenvalue weighted by atomic mass is 10.3. The van der Waals surface area contributed by atoms with Crippen molar-refractivity contribution in [2.75, 3.05) is 0 Å². The van der Waals surface area contributed by atoms with Gasteiger partial charge in [0.25, 0.3) is 0 Å². The minimum absolute atomic E-state index is 0.0253. The van der Waals surface area contributed by atoms with Crippen LogP contribution in [0.2, 0.25) is 0 Å². The summed E-state index contributed by atoms with van der Waals surface area (Å²) in [7, 11) is 0. The van der Waals surface area contributed by atoms with Crippen LogP contribution in [0.4, 0.5) is 0 Å². The van der Waals surface area contributed by atoms with E-state index in [0.717, 1.165) is 5.69 Å². The van der Waals surface area contributed by atoms with Crippen molar-refractivity contribution in [1.29, 1.82) is 0 Å². The zero-order valence-electron chi connectivity index (χ0n) is 8.32. The second-order valence-electron chi connectivity index (χ2n) is 3.11. The molecule has 0 atom stereocenters. The van der Waals surface area contributed by atoms with Crippen molar-refractivity contribution in [2.45, 2.75) is 26.3 Å². The molecule has 0 saturated heterocycles. The van der Waals surface area contributed by atoms with Crippen LogP contribution in [0.5, 0.6) is 0 Å². The quantitative estimate of drug-likeness (QED) is 0.739. The summed E-state index contributed by atoms with van der Waals surface area (Å²) in [6, 6.07) is 1.71. The summed E-state index contributed by atoms with van der Waals surface area (Å²) in [5, 5.41) is 14.5. The number of carboxylic acids is 1. The van der Waals surface area contributed by atoms with Crippen LogP contribution in [-0.2, 0) is 16.1 Å². The molecule has 6 nitrogen and oxygen atoms in total. The summed E-state index contributed by atoms with van der Waals surface area (Å²) in [6.45, 7) is 2.01. The number of nitrogens with zero attached hydrogens (tertiary/aromatic N) is 1. The van der Waals surface area contributed by atoms with Crippen LogP contribution < -0.4 is 5.32 Å². The third-order valence-corrected chi connectivity index (χ3v) is 1.70. The summed E-state index contributed by atoms with van der Waals surface area (Å²) in [6.07, 6.45) is -0.191. The predicted molar refractivity (Wildman–Crippen MR) is 50.0 cm³/mol. The Morgan fingerprint density at radius 2 is 2.27 bits per heavy atom. The molecule has 0 bridgehead atoms. The summed E-state index contributed by atoms with van der Waals surface area (Å²) in [4.78, 5) is 21.3. The van der Waals surface area contributed by atoms with Crippen molar-refractivity contribution in [3.8, 4) is 0 Å². The molecule has 6 heteroatoms. The van der Waals surface area contributed by atoms with E-state index in [4.69, 9.17) is 9.63 Å². The molecule has 0 aliphatic carbocycles. The van der Waals surface area contributed by atoms with Gasteiger partial charge in [-0.25, -0.2) is 0 Å². The monoisotopic (exact) mass is 212 g/mol. The molecule has 82 valence electrons. The second kappa shape index (κ2) is 5.14. The molecular weight excluding hydrogens is 200 g/mol. The fourth-order valence-corrected chi connectivity index (χ4v) is 0.994. The highest BCUT2D eigenvalue weighted by atomic mass is 16.5. The molecule has 0 spiro atoms. The molecule has 0 aromatic carbocycles. The molecule has 1 rings (SSSR count). The van der Waals surface area contributed by atoms with Gasteiger partial charge in [-0.2, -0.15) is 0 Å². The first-order chi connectivity index (χ1) is 7.08. The van der Waals surface area contributed by atoms with E-state index in [9.17, 15) is 9.59 Å². The molecule has 15 heavy (non-hydrogen) atoms. The topological polar surface area (TPSA) is 92.4 Å². The molecule has 1 heterocycles. The Morgan fingerprint density at radius 1 is 1.53 bits per heavy atom. The molecule has 0 unspecified atom stereocenters. The Morgan fingerprint density at radius 3 is 2.80 bits per heavy atom. The smallest absolute Gasteiger partial charge is 0.303 e. The maximum atomic E-state index is 11.1. The molecule has 2 N–H and O–H groups in total. The van der Waals surface area contributed by atoms with Gasteiger partial charge in [0.05, 0.1) is 18.7 Å². The maximum absolute atomic E-state index is 11.1. The summed E-state index contributed by atoms with van der Waals surface area (Å²) >= 11 is 0. The van der Waals surface area contributed by atoms with Crippen LogP contribution in [0.15, 0.2) is 10.6 Å². The zero-order valence-corrected chi connectivity index (χ0v) is 8.32. The number of aromatic nitrogens is 1. The average Bonchev–Trinajstić information content (AvgIpc) is 2.58. The number of carbonyl (C=O) groups excluding carboxylic acids is 1. The van der Waals surface area contributed by atoms with Crippen LogP contribution >= 0.6 is 0 Å². The molecule has 0 aliphatic heterocycles. The lowest BCUT2D eigenvalue weighted by Gasteiger charge is -2.00. The van der Waals surface area contributed by atoms with Gasteiger partial charge in [-0.05, 0) is 6.92 Å². The van der Waals surface area contributed by atoms with Crippen molar-refractivity contribution >= 4 is 11.9 Å². The zero-order chi connectivity index (χ0) is 11.3.